The molecule has 1 heteroatoms. The lowest BCUT2D eigenvalue weighted by Crippen LogP contribution is -2.08. The Hall–Kier alpha value is -1.08. The molecule has 1 unspecified atom stereocenters. The number of aliphatic hydroxyl groups is 1. The van der Waals surface area contributed by atoms with Crippen molar-refractivity contribution < 1.29 is 5.11 Å². The van der Waals surface area contributed by atoms with E-state index in [4.69, 9.17) is 6.58 Å². The van der Waals surface area contributed by atoms with Gasteiger partial charge in [-0.15, -0.1) is 0 Å². The Morgan fingerprint density at radius 2 is 1.50 bits per heavy atom. The zero-order valence-electron chi connectivity index (χ0n) is 10.9. The Bertz CT molecular complexity index is 387. The fraction of sp³-hybridized carbons (Fsp3) is 0.467. The van der Waals surface area contributed by atoms with E-state index in [1.165, 1.54) is 27.8 Å². The van der Waals surface area contributed by atoms with Crippen LogP contribution >= 0.6 is 0 Å². The Kier molecular flexibility index (Phi) is 3.93. The summed E-state index contributed by atoms with van der Waals surface area (Å²) in [6.07, 6.45) is 1.68. The van der Waals surface area contributed by atoms with Crippen molar-refractivity contribution >= 4 is 6.08 Å². The molecule has 87 valence electrons. The van der Waals surface area contributed by atoms with Crippen molar-refractivity contribution in [1.82, 2.24) is 0 Å². The first-order valence-corrected chi connectivity index (χ1v) is 5.71. The molecule has 1 nitrogen and oxygen atoms in total. The molecule has 1 radical (unpaired) electrons. The minimum absolute atomic E-state index is 0.184. The van der Waals surface area contributed by atoms with Gasteiger partial charge in [0.1, 0.15) is 0 Å². The molecular weight excluding hydrogens is 196 g/mol. The second-order valence-corrected chi connectivity index (χ2v) is 4.58. The van der Waals surface area contributed by atoms with Crippen LogP contribution in [0.5, 0.6) is 0 Å². The molecule has 0 amide bonds. The molecule has 1 atom stereocenters. The molecule has 0 saturated heterocycles. The second kappa shape index (κ2) is 4.84. The smallest absolute Gasteiger partial charge is 0.0497 e. The first-order valence-electron chi connectivity index (χ1n) is 5.71. The highest BCUT2D eigenvalue weighted by atomic mass is 16.3. The predicted molar refractivity (Wildman–Crippen MR) is 69.7 cm³/mol. The normalized spacial score (nSPS) is 12.6. The fourth-order valence-corrected chi connectivity index (χ4v) is 2.45. The van der Waals surface area contributed by atoms with Gasteiger partial charge in [-0.05, 0) is 61.1 Å². The van der Waals surface area contributed by atoms with Crippen LogP contribution in [0.15, 0.2) is 0 Å². The summed E-state index contributed by atoms with van der Waals surface area (Å²) in [6, 6.07) is 0. The van der Waals surface area contributed by atoms with E-state index in [-0.39, 0.29) is 12.5 Å². The van der Waals surface area contributed by atoms with Gasteiger partial charge in [-0.3, -0.25) is 0 Å². The maximum Gasteiger partial charge on any atom is 0.0497 e. The van der Waals surface area contributed by atoms with Crippen molar-refractivity contribution in [3.63, 3.8) is 0 Å². The van der Waals surface area contributed by atoms with Crippen molar-refractivity contribution in [2.24, 2.45) is 0 Å². The van der Waals surface area contributed by atoms with Gasteiger partial charge in [0.2, 0.25) is 0 Å². The van der Waals surface area contributed by atoms with E-state index in [1.54, 1.807) is 6.08 Å². The molecule has 0 fully saturated rings. The summed E-state index contributed by atoms with van der Waals surface area (Å²) < 4.78 is 0. The van der Waals surface area contributed by atoms with E-state index in [0.717, 1.165) is 5.56 Å². The number of benzene rings is 1. The maximum atomic E-state index is 9.31. The summed E-state index contributed by atoms with van der Waals surface area (Å²) in [6.45, 7) is 16.3. The molecule has 1 N–H and O–H groups in total. The molecule has 0 aliphatic carbocycles. The Morgan fingerprint density at radius 1 is 1.06 bits per heavy atom. The van der Waals surface area contributed by atoms with Gasteiger partial charge in [0.25, 0.3) is 0 Å². The largest absolute Gasteiger partial charge is 0.396 e. The van der Waals surface area contributed by atoms with Crippen molar-refractivity contribution in [3.05, 3.63) is 40.0 Å². The first-order chi connectivity index (χ1) is 7.45. The van der Waals surface area contributed by atoms with Crippen LogP contribution in [0.2, 0.25) is 0 Å². The summed E-state index contributed by atoms with van der Waals surface area (Å²) in [4.78, 5) is 0. The monoisotopic (exact) mass is 217 g/mol. The zero-order valence-corrected chi connectivity index (χ0v) is 10.9. The molecule has 0 bridgehead atoms. The summed E-state index contributed by atoms with van der Waals surface area (Å²) in [5.41, 5.74) is 7.34. The Labute approximate surface area is 98.8 Å². The van der Waals surface area contributed by atoms with Gasteiger partial charge < -0.3 is 5.11 Å². The molecule has 0 aliphatic heterocycles. The van der Waals surface area contributed by atoms with E-state index in [9.17, 15) is 5.11 Å². The van der Waals surface area contributed by atoms with Crippen molar-refractivity contribution in [2.75, 3.05) is 6.61 Å². The van der Waals surface area contributed by atoms with E-state index in [1.807, 2.05) is 0 Å². The van der Waals surface area contributed by atoms with Crippen molar-refractivity contribution in [1.29, 1.82) is 0 Å². The van der Waals surface area contributed by atoms with E-state index >= 15 is 0 Å². The third kappa shape index (κ3) is 1.92. The van der Waals surface area contributed by atoms with Gasteiger partial charge in [0.15, 0.2) is 0 Å². The molecule has 16 heavy (non-hydrogen) atoms. The van der Waals surface area contributed by atoms with Crippen LogP contribution in [0.4, 0.5) is 0 Å². The lowest BCUT2D eigenvalue weighted by atomic mass is 9.84. The third-order valence-electron chi connectivity index (χ3n) is 3.67. The van der Waals surface area contributed by atoms with Gasteiger partial charge in [-0.25, -0.2) is 0 Å². The highest BCUT2D eigenvalue weighted by Crippen LogP contribution is 2.31. The van der Waals surface area contributed by atoms with Gasteiger partial charge >= 0.3 is 0 Å². The van der Waals surface area contributed by atoms with E-state index < -0.39 is 0 Å². The van der Waals surface area contributed by atoms with Crippen LogP contribution in [-0.4, -0.2) is 11.7 Å². The number of rotatable bonds is 3. The molecular formula is C15H21O. The van der Waals surface area contributed by atoms with Crippen LogP contribution in [0, 0.1) is 34.3 Å². The highest BCUT2D eigenvalue weighted by molar-refractivity contribution is 5.62. The SMILES string of the molecule is [CH]=Cc1c(C)c(C)c(C(C)CO)c(C)c1C. The quantitative estimate of drug-likeness (QED) is 0.822. The van der Waals surface area contributed by atoms with Crippen LogP contribution < -0.4 is 0 Å². The average molecular weight is 217 g/mol. The predicted octanol–water partition coefficient (Wildman–Crippen LogP) is 3.46. The standard InChI is InChI=1S/C15H21O/c1-7-14-10(3)12(5)15(9(2)8-16)13(6)11(14)4/h1,7,9,16H,8H2,2-6H3. The molecule has 0 spiro atoms. The third-order valence-corrected chi connectivity index (χ3v) is 3.67. The van der Waals surface area contributed by atoms with E-state index in [2.05, 4.69) is 34.6 Å². The molecule has 1 rings (SSSR count). The lowest BCUT2D eigenvalue weighted by Gasteiger charge is -2.22. The average Bonchev–Trinajstić information content (AvgIpc) is 2.27. The molecule has 0 aromatic heterocycles. The number of hydrogen-bond acceptors (Lipinski definition) is 1. The topological polar surface area (TPSA) is 20.2 Å². The number of aliphatic hydroxyl groups excluding tert-OH is 1. The first kappa shape index (κ1) is 13.0. The Balaban J connectivity index is 3.59. The van der Waals surface area contributed by atoms with Gasteiger partial charge in [-0.1, -0.05) is 19.6 Å². The summed E-state index contributed by atoms with van der Waals surface area (Å²) >= 11 is 0. The summed E-state index contributed by atoms with van der Waals surface area (Å²) in [7, 11) is 0. The molecule has 1 aromatic carbocycles. The second-order valence-electron chi connectivity index (χ2n) is 4.58. The molecule has 1 aromatic rings. The minimum Gasteiger partial charge on any atom is -0.396 e. The van der Waals surface area contributed by atoms with Crippen LogP contribution in [0.1, 0.15) is 46.2 Å². The zero-order chi connectivity index (χ0) is 12.5. The van der Waals surface area contributed by atoms with Crippen LogP contribution in [0.25, 0.3) is 6.08 Å². The minimum atomic E-state index is 0.184. The molecule has 0 saturated carbocycles. The highest BCUT2D eigenvalue weighted by Gasteiger charge is 2.16. The lowest BCUT2D eigenvalue weighted by molar-refractivity contribution is 0.272. The summed E-state index contributed by atoms with van der Waals surface area (Å²) in [5, 5.41) is 9.31. The molecule has 0 aliphatic rings. The van der Waals surface area contributed by atoms with Crippen LogP contribution in [-0.2, 0) is 0 Å². The van der Waals surface area contributed by atoms with Crippen molar-refractivity contribution in [2.45, 2.75) is 40.5 Å². The fourth-order valence-electron chi connectivity index (χ4n) is 2.45. The Morgan fingerprint density at radius 3 is 1.81 bits per heavy atom. The maximum absolute atomic E-state index is 9.31. The van der Waals surface area contributed by atoms with E-state index in [0.29, 0.717) is 0 Å². The summed E-state index contributed by atoms with van der Waals surface area (Å²) in [5.74, 6) is 0.184. The molecule has 0 heterocycles. The van der Waals surface area contributed by atoms with Gasteiger partial charge in [0.05, 0.1) is 0 Å². The van der Waals surface area contributed by atoms with Crippen molar-refractivity contribution in [3.8, 4) is 0 Å². The van der Waals surface area contributed by atoms with Gasteiger partial charge in [0, 0.05) is 12.5 Å². The van der Waals surface area contributed by atoms with Gasteiger partial charge in [-0.2, -0.15) is 0 Å². The van der Waals surface area contributed by atoms with Crippen LogP contribution in [0.3, 0.4) is 0 Å². The number of hydrogen-bond donors (Lipinski definition) is 1.